The molecule has 0 aliphatic heterocycles. The number of aryl methyl sites for hydroxylation is 1. The second-order valence-corrected chi connectivity index (χ2v) is 3.52. The Bertz CT molecular complexity index is 320. The Morgan fingerprint density at radius 1 is 1.47 bits per heavy atom. The molecule has 0 aliphatic rings. The number of hydrogen-bond donors (Lipinski definition) is 2. The number of nitrogens with one attached hydrogen (secondary N) is 1. The lowest BCUT2D eigenvalue weighted by molar-refractivity contribution is -0.152. The summed E-state index contributed by atoms with van der Waals surface area (Å²) in [4.78, 5) is 15.7. The summed E-state index contributed by atoms with van der Waals surface area (Å²) in [5, 5.41) is 0. The number of carbonyl (C=O) groups excluding carboxylic acids is 1. The fraction of sp³-hybridized carbons (Fsp3) is 0.364. The fourth-order valence-electron chi connectivity index (χ4n) is 0.989. The molecule has 0 radical (unpaired) electrons. The zero-order chi connectivity index (χ0) is 11.3. The van der Waals surface area contributed by atoms with Crippen molar-refractivity contribution in [1.82, 2.24) is 5.48 Å². The highest BCUT2D eigenvalue weighted by Crippen LogP contribution is 2.02. The van der Waals surface area contributed by atoms with Crippen molar-refractivity contribution >= 4 is 5.97 Å². The lowest BCUT2D eigenvalue weighted by atomic mass is 10.2. The second kappa shape index (κ2) is 5.48. The third-order valence-corrected chi connectivity index (χ3v) is 1.94. The highest BCUT2D eigenvalue weighted by molar-refractivity contribution is 5.74. The molecule has 1 rings (SSSR count). The van der Waals surface area contributed by atoms with E-state index in [-0.39, 0.29) is 0 Å². The highest BCUT2D eigenvalue weighted by atomic mass is 16.7. The molecule has 0 amide bonds. The Labute approximate surface area is 89.4 Å². The van der Waals surface area contributed by atoms with Gasteiger partial charge in [-0.15, -0.1) is 5.48 Å². The van der Waals surface area contributed by atoms with Gasteiger partial charge >= 0.3 is 5.97 Å². The van der Waals surface area contributed by atoms with Gasteiger partial charge in [0, 0.05) is 0 Å². The molecule has 0 fully saturated rings. The Morgan fingerprint density at radius 2 is 2.07 bits per heavy atom. The second-order valence-electron chi connectivity index (χ2n) is 3.52. The van der Waals surface area contributed by atoms with Gasteiger partial charge in [0.1, 0.15) is 6.04 Å². The van der Waals surface area contributed by atoms with E-state index in [2.05, 4.69) is 5.48 Å². The molecule has 4 nitrogen and oxygen atoms in total. The van der Waals surface area contributed by atoms with E-state index in [0.29, 0.717) is 6.54 Å². The first-order valence-electron chi connectivity index (χ1n) is 4.84. The third-order valence-electron chi connectivity index (χ3n) is 1.94. The number of carbonyl (C=O) groups is 1. The number of nitrogens with two attached hydrogens (primary N) is 1. The zero-order valence-corrected chi connectivity index (χ0v) is 8.99. The van der Waals surface area contributed by atoms with Gasteiger partial charge in [-0.2, -0.15) is 0 Å². The molecule has 0 unspecified atom stereocenters. The van der Waals surface area contributed by atoms with Gasteiger partial charge in [0.05, 0.1) is 6.54 Å². The Kier molecular flexibility index (Phi) is 4.27. The highest BCUT2D eigenvalue weighted by Gasteiger charge is 2.07. The largest absolute Gasteiger partial charge is 0.369 e. The van der Waals surface area contributed by atoms with Crippen LogP contribution in [0.5, 0.6) is 0 Å². The van der Waals surface area contributed by atoms with Gasteiger partial charge in [-0.05, 0) is 19.4 Å². The third kappa shape index (κ3) is 4.10. The minimum atomic E-state index is -0.601. The SMILES string of the molecule is Cc1ccc(CNOC(=O)[C@H](C)N)cc1. The number of rotatable bonds is 4. The molecule has 15 heavy (non-hydrogen) atoms. The first-order valence-corrected chi connectivity index (χ1v) is 4.84. The Balaban J connectivity index is 2.32. The van der Waals surface area contributed by atoms with Crippen molar-refractivity contribution in [2.45, 2.75) is 26.4 Å². The maximum atomic E-state index is 11.0. The minimum Gasteiger partial charge on any atom is -0.369 e. The van der Waals surface area contributed by atoms with E-state index in [1.807, 2.05) is 31.2 Å². The molecule has 0 spiro atoms. The van der Waals surface area contributed by atoms with Crippen LogP contribution in [0.4, 0.5) is 0 Å². The van der Waals surface area contributed by atoms with Gasteiger partial charge in [-0.1, -0.05) is 29.8 Å². The van der Waals surface area contributed by atoms with Crippen LogP contribution in [0.2, 0.25) is 0 Å². The molecule has 0 saturated carbocycles. The quantitative estimate of drug-likeness (QED) is 0.721. The minimum absolute atomic E-state index is 0.456. The molecule has 0 bridgehead atoms. The van der Waals surface area contributed by atoms with Crippen LogP contribution in [0.1, 0.15) is 18.1 Å². The molecule has 0 saturated heterocycles. The van der Waals surface area contributed by atoms with Crippen molar-refractivity contribution in [3.8, 4) is 0 Å². The molecule has 4 heteroatoms. The number of benzene rings is 1. The standard InChI is InChI=1S/C11H16N2O2/c1-8-3-5-10(6-4-8)7-13-15-11(14)9(2)12/h3-6,9,13H,7,12H2,1-2H3/t9-/m0/s1. The molecular weight excluding hydrogens is 192 g/mol. The summed E-state index contributed by atoms with van der Waals surface area (Å²) in [6.45, 7) is 4.09. The fourth-order valence-corrected chi connectivity index (χ4v) is 0.989. The van der Waals surface area contributed by atoms with E-state index in [1.165, 1.54) is 5.56 Å². The maximum absolute atomic E-state index is 11.0. The first kappa shape index (κ1) is 11.7. The van der Waals surface area contributed by atoms with Crippen LogP contribution in [-0.4, -0.2) is 12.0 Å². The van der Waals surface area contributed by atoms with Crippen LogP contribution >= 0.6 is 0 Å². The van der Waals surface area contributed by atoms with Gasteiger partial charge < -0.3 is 10.6 Å². The summed E-state index contributed by atoms with van der Waals surface area (Å²) in [6.07, 6.45) is 0. The van der Waals surface area contributed by atoms with Crippen molar-refractivity contribution in [3.05, 3.63) is 35.4 Å². The van der Waals surface area contributed by atoms with Crippen molar-refractivity contribution < 1.29 is 9.63 Å². The van der Waals surface area contributed by atoms with Crippen LogP contribution in [0.3, 0.4) is 0 Å². The van der Waals surface area contributed by atoms with Crippen LogP contribution in [0.15, 0.2) is 24.3 Å². The summed E-state index contributed by atoms with van der Waals surface area (Å²) in [5.41, 5.74) is 10.1. The van der Waals surface area contributed by atoms with Crippen molar-refractivity contribution in [2.75, 3.05) is 0 Å². The molecule has 1 atom stereocenters. The summed E-state index contributed by atoms with van der Waals surface area (Å²) in [6, 6.07) is 7.36. The smallest absolute Gasteiger partial charge is 0.341 e. The van der Waals surface area contributed by atoms with Crippen LogP contribution in [0.25, 0.3) is 0 Å². The molecule has 1 aromatic carbocycles. The molecule has 0 heterocycles. The topological polar surface area (TPSA) is 64.3 Å². The van der Waals surface area contributed by atoms with Gasteiger partial charge in [-0.25, -0.2) is 4.79 Å². The van der Waals surface area contributed by atoms with Crippen LogP contribution in [-0.2, 0) is 16.2 Å². The molecular formula is C11H16N2O2. The van der Waals surface area contributed by atoms with Crippen LogP contribution < -0.4 is 11.2 Å². The molecule has 82 valence electrons. The van der Waals surface area contributed by atoms with E-state index >= 15 is 0 Å². The van der Waals surface area contributed by atoms with Gasteiger partial charge in [0.15, 0.2) is 0 Å². The normalized spacial score (nSPS) is 12.2. The van der Waals surface area contributed by atoms with Gasteiger partial charge in [0.25, 0.3) is 0 Å². The predicted molar refractivity (Wildman–Crippen MR) is 57.8 cm³/mol. The average Bonchev–Trinajstić information content (AvgIpc) is 2.20. The monoisotopic (exact) mass is 208 g/mol. The van der Waals surface area contributed by atoms with Crippen molar-refractivity contribution in [3.63, 3.8) is 0 Å². The van der Waals surface area contributed by atoms with E-state index in [4.69, 9.17) is 10.6 Å². The van der Waals surface area contributed by atoms with E-state index < -0.39 is 12.0 Å². The first-order chi connectivity index (χ1) is 7.09. The Hall–Kier alpha value is -1.39. The molecule has 3 N–H and O–H groups in total. The Morgan fingerprint density at radius 3 is 2.60 bits per heavy atom. The molecule has 0 aromatic heterocycles. The number of hydroxylamine groups is 1. The number of hydrogen-bond acceptors (Lipinski definition) is 4. The van der Waals surface area contributed by atoms with E-state index in [1.54, 1.807) is 6.92 Å². The summed E-state index contributed by atoms with van der Waals surface area (Å²) >= 11 is 0. The summed E-state index contributed by atoms with van der Waals surface area (Å²) in [7, 11) is 0. The summed E-state index contributed by atoms with van der Waals surface area (Å²) in [5.74, 6) is -0.456. The maximum Gasteiger partial charge on any atom is 0.341 e. The lowest BCUT2D eigenvalue weighted by Gasteiger charge is -2.07. The van der Waals surface area contributed by atoms with Crippen molar-refractivity contribution in [2.24, 2.45) is 5.73 Å². The zero-order valence-electron chi connectivity index (χ0n) is 8.99. The van der Waals surface area contributed by atoms with Crippen LogP contribution in [0, 0.1) is 6.92 Å². The average molecular weight is 208 g/mol. The van der Waals surface area contributed by atoms with Gasteiger partial charge in [0.2, 0.25) is 0 Å². The van der Waals surface area contributed by atoms with E-state index in [0.717, 1.165) is 5.56 Å². The molecule has 0 aliphatic carbocycles. The van der Waals surface area contributed by atoms with E-state index in [9.17, 15) is 4.79 Å². The van der Waals surface area contributed by atoms with Gasteiger partial charge in [-0.3, -0.25) is 0 Å². The lowest BCUT2D eigenvalue weighted by Crippen LogP contribution is -2.33. The van der Waals surface area contributed by atoms with Crippen molar-refractivity contribution in [1.29, 1.82) is 0 Å². The molecule has 1 aromatic rings. The summed E-state index contributed by atoms with van der Waals surface area (Å²) < 4.78 is 0. The predicted octanol–water partition coefficient (Wildman–Crippen LogP) is 0.890.